The van der Waals surface area contributed by atoms with Gasteiger partial charge in [0.1, 0.15) is 0 Å². The van der Waals surface area contributed by atoms with E-state index in [2.05, 4.69) is 26.1 Å². The number of ether oxygens (including phenoxy) is 1. The molecule has 1 unspecified atom stereocenters. The van der Waals surface area contributed by atoms with E-state index < -0.39 is 12.0 Å². The third-order valence-electron chi connectivity index (χ3n) is 3.43. The quantitative estimate of drug-likeness (QED) is 0.812. The molecule has 5 heteroatoms. The van der Waals surface area contributed by atoms with Crippen LogP contribution in [0.1, 0.15) is 50.8 Å². The van der Waals surface area contributed by atoms with Crippen molar-refractivity contribution in [1.82, 2.24) is 5.32 Å². The second kappa shape index (κ2) is 7.94. The molecule has 0 spiro atoms. The van der Waals surface area contributed by atoms with Crippen LogP contribution in [0.25, 0.3) is 0 Å². The number of rotatable bonds is 7. The van der Waals surface area contributed by atoms with Gasteiger partial charge in [0.2, 0.25) is 5.91 Å². The lowest BCUT2D eigenvalue weighted by Crippen LogP contribution is -2.30. The molecule has 5 nitrogen and oxygen atoms in total. The van der Waals surface area contributed by atoms with Crippen LogP contribution in [0.5, 0.6) is 0 Å². The van der Waals surface area contributed by atoms with E-state index >= 15 is 0 Å². The summed E-state index contributed by atoms with van der Waals surface area (Å²) in [6, 6.07) is 7.18. The van der Waals surface area contributed by atoms with E-state index in [4.69, 9.17) is 9.84 Å². The van der Waals surface area contributed by atoms with Gasteiger partial charge in [-0.1, -0.05) is 45.0 Å². The number of methoxy groups -OCH3 is 1. The first-order chi connectivity index (χ1) is 10.2. The first kappa shape index (κ1) is 18.2. The normalized spacial score (nSPS) is 12.7. The minimum absolute atomic E-state index is 0.0303. The van der Waals surface area contributed by atoms with Gasteiger partial charge in [0, 0.05) is 13.5 Å². The zero-order chi connectivity index (χ0) is 16.8. The van der Waals surface area contributed by atoms with E-state index in [1.165, 1.54) is 7.11 Å². The molecule has 0 radical (unpaired) electrons. The van der Waals surface area contributed by atoms with Gasteiger partial charge in [-0.05, 0) is 16.5 Å². The van der Waals surface area contributed by atoms with Crippen LogP contribution in [0.15, 0.2) is 24.3 Å². The standard InChI is InChI=1S/C17H25NO4/c1-17(2,3)13-7-5-12(6-8-13)14(11-16(20)21)18-15(19)9-10-22-4/h5-8,14H,9-11H2,1-4H3,(H,18,19)(H,20,21). The van der Waals surface area contributed by atoms with Crippen LogP contribution in [0.4, 0.5) is 0 Å². The molecule has 0 saturated heterocycles. The largest absolute Gasteiger partial charge is 0.481 e. The number of aliphatic carboxylic acids is 1. The Morgan fingerprint density at radius 2 is 1.82 bits per heavy atom. The highest BCUT2D eigenvalue weighted by Gasteiger charge is 2.19. The number of carboxylic acids is 1. The number of hydrogen-bond acceptors (Lipinski definition) is 3. The highest BCUT2D eigenvalue weighted by Crippen LogP contribution is 2.25. The first-order valence-electron chi connectivity index (χ1n) is 7.34. The summed E-state index contributed by atoms with van der Waals surface area (Å²) >= 11 is 0. The van der Waals surface area contributed by atoms with Crippen LogP contribution in [0.3, 0.4) is 0 Å². The highest BCUT2D eigenvalue weighted by atomic mass is 16.5. The molecular weight excluding hydrogens is 282 g/mol. The third-order valence-corrected chi connectivity index (χ3v) is 3.43. The number of amides is 1. The summed E-state index contributed by atoms with van der Waals surface area (Å²) in [6.07, 6.45) is 0.0697. The molecule has 1 amide bonds. The Morgan fingerprint density at radius 1 is 1.23 bits per heavy atom. The molecule has 1 aromatic carbocycles. The van der Waals surface area contributed by atoms with Crippen LogP contribution in [-0.4, -0.2) is 30.7 Å². The molecule has 22 heavy (non-hydrogen) atoms. The Hall–Kier alpha value is -1.88. The fraction of sp³-hybridized carbons (Fsp3) is 0.529. The van der Waals surface area contributed by atoms with Gasteiger partial charge in [-0.3, -0.25) is 9.59 Å². The third kappa shape index (κ3) is 5.85. The molecule has 2 N–H and O–H groups in total. The predicted molar refractivity (Wildman–Crippen MR) is 84.8 cm³/mol. The van der Waals surface area contributed by atoms with Gasteiger partial charge in [0.05, 0.1) is 19.1 Å². The Balaban J connectivity index is 2.87. The molecule has 0 aliphatic carbocycles. The van der Waals surface area contributed by atoms with Crippen LogP contribution in [-0.2, 0) is 19.7 Å². The summed E-state index contributed by atoms with van der Waals surface area (Å²) in [5.41, 5.74) is 1.99. The number of benzene rings is 1. The minimum Gasteiger partial charge on any atom is -0.481 e. The second-order valence-electron chi connectivity index (χ2n) is 6.33. The number of carbonyl (C=O) groups excluding carboxylic acids is 1. The van der Waals surface area contributed by atoms with E-state index in [-0.39, 0.29) is 24.2 Å². The Labute approximate surface area is 131 Å². The maximum atomic E-state index is 11.8. The van der Waals surface area contributed by atoms with Gasteiger partial charge in [-0.2, -0.15) is 0 Å². The van der Waals surface area contributed by atoms with Crippen molar-refractivity contribution in [2.24, 2.45) is 0 Å². The molecule has 0 aliphatic rings. The van der Waals surface area contributed by atoms with Gasteiger partial charge in [-0.25, -0.2) is 0 Å². The summed E-state index contributed by atoms with van der Waals surface area (Å²) in [7, 11) is 1.52. The number of carboxylic acid groups (broad SMARTS) is 1. The molecule has 1 atom stereocenters. The van der Waals surface area contributed by atoms with Gasteiger partial charge in [0.25, 0.3) is 0 Å². The molecular formula is C17H25NO4. The summed E-state index contributed by atoms with van der Waals surface area (Å²) in [5, 5.41) is 11.8. The molecule has 0 fully saturated rings. The maximum absolute atomic E-state index is 11.8. The highest BCUT2D eigenvalue weighted by molar-refractivity contribution is 5.77. The number of hydrogen-bond donors (Lipinski definition) is 2. The van der Waals surface area contributed by atoms with Crippen LogP contribution >= 0.6 is 0 Å². The zero-order valence-corrected chi connectivity index (χ0v) is 13.7. The van der Waals surface area contributed by atoms with E-state index in [1.807, 2.05) is 24.3 Å². The van der Waals surface area contributed by atoms with Crippen molar-refractivity contribution in [2.45, 2.75) is 45.1 Å². The molecule has 0 bridgehead atoms. The second-order valence-corrected chi connectivity index (χ2v) is 6.33. The van der Waals surface area contributed by atoms with Crippen LogP contribution in [0, 0.1) is 0 Å². The number of nitrogens with one attached hydrogen (secondary N) is 1. The monoisotopic (exact) mass is 307 g/mol. The van der Waals surface area contributed by atoms with E-state index in [9.17, 15) is 9.59 Å². The van der Waals surface area contributed by atoms with Crippen molar-refractivity contribution in [3.05, 3.63) is 35.4 Å². The fourth-order valence-corrected chi connectivity index (χ4v) is 2.10. The molecule has 0 aromatic heterocycles. The lowest BCUT2D eigenvalue weighted by Gasteiger charge is -2.22. The topological polar surface area (TPSA) is 75.6 Å². The van der Waals surface area contributed by atoms with Crippen molar-refractivity contribution in [3.63, 3.8) is 0 Å². The van der Waals surface area contributed by atoms with Crippen molar-refractivity contribution in [3.8, 4) is 0 Å². The predicted octanol–water partition coefficient (Wildman–Crippen LogP) is 2.65. The van der Waals surface area contributed by atoms with Gasteiger partial charge >= 0.3 is 5.97 Å². The van der Waals surface area contributed by atoms with Gasteiger partial charge in [0.15, 0.2) is 0 Å². The Kier molecular flexibility index (Phi) is 6.56. The summed E-state index contributed by atoms with van der Waals surface area (Å²) in [5.74, 6) is -1.16. The van der Waals surface area contributed by atoms with Crippen molar-refractivity contribution in [1.29, 1.82) is 0 Å². The van der Waals surface area contributed by atoms with Crippen LogP contribution in [0.2, 0.25) is 0 Å². The smallest absolute Gasteiger partial charge is 0.305 e. The SMILES string of the molecule is COCCC(=O)NC(CC(=O)O)c1ccc(C(C)(C)C)cc1. The summed E-state index contributed by atoms with van der Waals surface area (Å²) < 4.78 is 4.86. The van der Waals surface area contributed by atoms with Gasteiger partial charge in [-0.15, -0.1) is 0 Å². The first-order valence-corrected chi connectivity index (χ1v) is 7.34. The van der Waals surface area contributed by atoms with E-state index in [0.717, 1.165) is 11.1 Å². The van der Waals surface area contributed by atoms with E-state index in [0.29, 0.717) is 6.61 Å². The minimum atomic E-state index is -0.947. The molecule has 0 saturated carbocycles. The lowest BCUT2D eigenvalue weighted by molar-refractivity contribution is -0.137. The number of carbonyl (C=O) groups is 2. The molecule has 1 rings (SSSR count). The van der Waals surface area contributed by atoms with Crippen molar-refractivity contribution in [2.75, 3.05) is 13.7 Å². The maximum Gasteiger partial charge on any atom is 0.305 e. The average Bonchev–Trinajstić information content (AvgIpc) is 2.43. The molecule has 0 heterocycles. The molecule has 1 aromatic rings. The average molecular weight is 307 g/mol. The van der Waals surface area contributed by atoms with Gasteiger partial charge < -0.3 is 15.2 Å². The Bertz CT molecular complexity index is 502. The fourth-order valence-electron chi connectivity index (χ4n) is 2.10. The summed E-state index contributed by atoms with van der Waals surface area (Å²) in [6.45, 7) is 6.66. The lowest BCUT2D eigenvalue weighted by atomic mass is 9.86. The Morgan fingerprint density at radius 3 is 2.27 bits per heavy atom. The van der Waals surface area contributed by atoms with Crippen molar-refractivity contribution < 1.29 is 19.4 Å². The summed E-state index contributed by atoms with van der Waals surface area (Å²) in [4.78, 5) is 22.8. The van der Waals surface area contributed by atoms with E-state index in [1.54, 1.807) is 0 Å². The molecule has 122 valence electrons. The zero-order valence-electron chi connectivity index (χ0n) is 13.7. The molecule has 0 aliphatic heterocycles. The van der Waals surface area contributed by atoms with Crippen molar-refractivity contribution >= 4 is 11.9 Å². The van der Waals surface area contributed by atoms with Crippen LogP contribution < -0.4 is 5.32 Å².